The summed E-state index contributed by atoms with van der Waals surface area (Å²) in [6, 6.07) is 11.5. The van der Waals surface area contributed by atoms with Crippen molar-refractivity contribution in [3.8, 4) is 11.5 Å². The summed E-state index contributed by atoms with van der Waals surface area (Å²) in [5, 5.41) is 18.0. The fourth-order valence-corrected chi connectivity index (χ4v) is 3.16. The van der Waals surface area contributed by atoms with Crippen LogP contribution >= 0.6 is 0 Å². The van der Waals surface area contributed by atoms with Gasteiger partial charge in [-0.25, -0.2) is 9.00 Å². The van der Waals surface area contributed by atoms with Crippen LogP contribution in [-0.2, 0) is 11.1 Å². The molecule has 0 aliphatic heterocycles. The van der Waals surface area contributed by atoms with E-state index in [1.165, 1.54) is 18.2 Å². The summed E-state index contributed by atoms with van der Waals surface area (Å²) in [6.07, 6.45) is 0.998. The highest BCUT2D eigenvalue weighted by Crippen LogP contribution is 2.26. The number of ether oxygens (including phenoxy) is 1. The van der Waals surface area contributed by atoms with Gasteiger partial charge < -0.3 is 19.5 Å². The van der Waals surface area contributed by atoms with E-state index in [1.807, 2.05) is 31.2 Å². The number of aryl methyl sites for hydroxylation is 1. The second-order valence-electron chi connectivity index (χ2n) is 5.65. The lowest BCUT2D eigenvalue weighted by atomic mass is 10.1. The maximum absolute atomic E-state index is 11.6. The minimum atomic E-state index is -1.98. The third-order valence-electron chi connectivity index (χ3n) is 3.77. The minimum Gasteiger partial charge on any atom is -0.507 e. The maximum atomic E-state index is 11.6. The van der Waals surface area contributed by atoms with E-state index in [-0.39, 0.29) is 17.9 Å². The zero-order chi connectivity index (χ0) is 18.4. The Morgan fingerprint density at radius 1 is 1.20 bits per heavy atom. The van der Waals surface area contributed by atoms with Gasteiger partial charge in [-0.3, -0.25) is 0 Å². The molecule has 0 aliphatic rings. The zero-order valence-corrected chi connectivity index (χ0v) is 14.5. The standard InChI is InChI=1S/C18H20O6S/c1-12-4-6-13(7-5-12)17(25(22)23)3-2-10-24-14-8-9-15(18(20)21)16(19)11-14/h4-9,11,17,19H,2-3,10H2,1H3,(H,20,21)(H,22,23). The van der Waals surface area contributed by atoms with Crippen LogP contribution in [0, 0.1) is 6.92 Å². The minimum absolute atomic E-state index is 0.192. The van der Waals surface area contributed by atoms with Crippen LogP contribution in [0.25, 0.3) is 0 Å². The second kappa shape index (κ2) is 8.64. The number of carboxylic acid groups (broad SMARTS) is 1. The molecule has 0 amide bonds. The average molecular weight is 364 g/mol. The third-order valence-corrected chi connectivity index (χ3v) is 4.77. The topological polar surface area (TPSA) is 104 Å². The number of hydrogen-bond donors (Lipinski definition) is 3. The highest BCUT2D eigenvalue weighted by Gasteiger charge is 2.17. The van der Waals surface area contributed by atoms with Crippen molar-refractivity contribution in [1.82, 2.24) is 0 Å². The van der Waals surface area contributed by atoms with Crippen molar-refractivity contribution in [2.45, 2.75) is 25.0 Å². The van der Waals surface area contributed by atoms with Gasteiger partial charge in [0.1, 0.15) is 17.1 Å². The summed E-state index contributed by atoms with van der Waals surface area (Å²) in [6.45, 7) is 2.24. The van der Waals surface area contributed by atoms with Gasteiger partial charge in [-0.15, -0.1) is 0 Å². The van der Waals surface area contributed by atoms with Crippen LogP contribution in [-0.4, -0.2) is 31.6 Å². The Hall–Kier alpha value is -2.38. The van der Waals surface area contributed by atoms with E-state index in [4.69, 9.17) is 9.84 Å². The number of aromatic hydroxyl groups is 1. The van der Waals surface area contributed by atoms with E-state index in [9.17, 15) is 18.7 Å². The van der Waals surface area contributed by atoms with E-state index >= 15 is 0 Å². The molecule has 0 radical (unpaired) electrons. The van der Waals surface area contributed by atoms with Crippen molar-refractivity contribution in [1.29, 1.82) is 0 Å². The number of benzene rings is 2. The van der Waals surface area contributed by atoms with Crippen molar-refractivity contribution in [2.75, 3.05) is 6.61 Å². The Balaban J connectivity index is 1.90. The molecule has 3 N–H and O–H groups in total. The quantitative estimate of drug-likeness (QED) is 0.489. The molecule has 0 spiro atoms. The number of phenols is 1. The highest BCUT2D eigenvalue weighted by atomic mass is 32.2. The number of aromatic carboxylic acids is 1. The Morgan fingerprint density at radius 2 is 1.88 bits per heavy atom. The highest BCUT2D eigenvalue weighted by molar-refractivity contribution is 7.79. The van der Waals surface area contributed by atoms with Crippen LogP contribution in [0.5, 0.6) is 11.5 Å². The van der Waals surface area contributed by atoms with Gasteiger partial charge in [-0.2, -0.15) is 0 Å². The first-order valence-electron chi connectivity index (χ1n) is 7.74. The fraction of sp³-hybridized carbons (Fsp3) is 0.278. The van der Waals surface area contributed by atoms with Gasteiger partial charge in [-0.05, 0) is 37.5 Å². The molecule has 0 saturated carbocycles. The first-order valence-corrected chi connectivity index (χ1v) is 8.91. The van der Waals surface area contributed by atoms with Crippen molar-refractivity contribution in [2.24, 2.45) is 0 Å². The molecule has 2 aromatic carbocycles. The van der Waals surface area contributed by atoms with Crippen LogP contribution in [0.4, 0.5) is 0 Å². The van der Waals surface area contributed by atoms with Gasteiger partial charge in [0.25, 0.3) is 0 Å². The summed E-state index contributed by atoms with van der Waals surface area (Å²) < 4.78 is 26.6. The normalized spacial score (nSPS) is 13.2. The first kappa shape index (κ1) is 19.0. The molecule has 2 unspecified atom stereocenters. The van der Waals surface area contributed by atoms with Crippen LogP contribution in [0.1, 0.15) is 39.6 Å². The van der Waals surface area contributed by atoms with Gasteiger partial charge in [0.05, 0.1) is 11.9 Å². The Labute approximate surface area is 148 Å². The number of carbonyl (C=O) groups is 1. The van der Waals surface area contributed by atoms with Crippen molar-refractivity contribution >= 4 is 17.0 Å². The van der Waals surface area contributed by atoms with Crippen LogP contribution in [0.15, 0.2) is 42.5 Å². The molecule has 0 aliphatic carbocycles. The number of hydrogen-bond acceptors (Lipinski definition) is 4. The molecular formula is C18H20O6S. The lowest BCUT2D eigenvalue weighted by molar-refractivity contribution is 0.0693. The first-order chi connectivity index (χ1) is 11.9. The SMILES string of the molecule is Cc1ccc(C(CCCOc2ccc(C(=O)O)c(O)c2)S(=O)O)cc1. The zero-order valence-electron chi connectivity index (χ0n) is 13.7. The smallest absolute Gasteiger partial charge is 0.339 e. The lowest BCUT2D eigenvalue weighted by Gasteiger charge is -2.14. The summed E-state index contributed by atoms with van der Waals surface area (Å²) in [4.78, 5) is 10.8. The monoisotopic (exact) mass is 364 g/mol. The van der Waals surface area contributed by atoms with Crippen molar-refractivity contribution in [3.05, 3.63) is 59.2 Å². The number of rotatable bonds is 8. The van der Waals surface area contributed by atoms with Gasteiger partial charge in [0.2, 0.25) is 0 Å². The molecule has 0 saturated heterocycles. The molecule has 2 rings (SSSR count). The molecule has 0 aromatic heterocycles. The van der Waals surface area contributed by atoms with Crippen molar-refractivity contribution < 1.29 is 28.5 Å². The Kier molecular flexibility index (Phi) is 6.55. The van der Waals surface area contributed by atoms with Crippen LogP contribution < -0.4 is 4.74 Å². The van der Waals surface area contributed by atoms with Gasteiger partial charge >= 0.3 is 5.97 Å². The predicted octanol–water partition coefficient (Wildman–Crippen LogP) is 3.52. The largest absolute Gasteiger partial charge is 0.507 e. The molecular weight excluding hydrogens is 344 g/mol. The Morgan fingerprint density at radius 3 is 2.44 bits per heavy atom. The van der Waals surface area contributed by atoms with Gasteiger partial charge in [0, 0.05) is 6.07 Å². The lowest BCUT2D eigenvalue weighted by Crippen LogP contribution is -2.08. The summed E-state index contributed by atoms with van der Waals surface area (Å²) in [5.41, 5.74) is 1.69. The molecule has 2 atom stereocenters. The predicted molar refractivity (Wildman–Crippen MR) is 94.5 cm³/mol. The molecule has 7 heteroatoms. The van der Waals surface area contributed by atoms with Gasteiger partial charge in [0.15, 0.2) is 11.1 Å². The van der Waals surface area contributed by atoms with E-state index in [2.05, 4.69) is 0 Å². The van der Waals surface area contributed by atoms with Crippen molar-refractivity contribution in [3.63, 3.8) is 0 Å². The summed E-state index contributed by atoms with van der Waals surface area (Å²) >= 11 is -1.98. The molecule has 0 bridgehead atoms. The Bertz CT molecular complexity index is 757. The van der Waals surface area contributed by atoms with E-state index < -0.39 is 22.3 Å². The van der Waals surface area contributed by atoms with E-state index in [0.717, 1.165) is 11.1 Å². The second-order valence-corrected chi connectivity index (χ2v) is 6.77. The average Bonchev–Trinajstić information content (AvgIpc) is 2.55. The van der Waals surface area contributed by atoms with E-state index in [0.29, 0.717) is 18.6 Å². The fourth-order valence-electron chi connectivity index (χ4n) is 2.41. The summed E-state index contributed by atoms with van der Waals surface area (Å²) in [5.74, 6) is -1.23. The van der Waals surface area contributed by atoms with Crippen LogP contribution in [0.3, 0.4) is 0 Å². The molecule has 25 heavy (non-hydrogen) atoms. The maximum Gasteiger partial charge on any atom is 0.339 e. The van der Waals surface area contributed by atoms with Gasteiger partial charge in [-0.1, -0.05) is 29.8 Å². The molecule has 2 aromatic rings. The third kappa shape index (κ3) is 5.30. The van der Waals surface area contributed by atoms with Crippen LogP contribution in [0.2, 0.25) is 0 Å². The molecule has 134 valence electrons. The molecule has 0 heterocycles. The summed E-state index contributed by atoms with van der Waals surface area (Å²) in [7, 11) is 0. The number of carboxylic acids is 1. The molecule has 6 nitrogen and oxygen atoms in total. The van der Waals surface area contributed by atoms with E-state index in [1.54, 1.807) is 0 Å². The molecule has 0 fully saturated rings.